The molecule has 0 saturated carbocycles. The number of ether oxygens (including phenoxy) is 1. The zero-order chi connectivity index (χ0) is 17.6. The maximum Gasteiger partial charge on any atom is 0.321 e. The van der Waals surface area contributed by atoms with Crippen molar-refractivity contribution >= 4 is 11.8 Å². The summed E-state index contributed by atoms with van der Waals surface area (Å²) in [5.41, 5.74) is 2.65. The molecule has 5 heteroatoms. The number of carboxylic acids is 1. The average Bonchev–Trinajstić information content (AvgIpc) is 2.67. The summed E-state index contributed by atoms with van der Waals surface area (Å²) < 4.78 is 5.25. The molecule has 2 aromatic carbocycles. The SMILES string of the molecule is O=C(CC(C(=O)O)N1CCOCC1)c1ccc(-c2ccccc2)cc1. The van der Waals surface area contributed by atoms with Crippen LogP contribution in [0, 0.1) is 0 Å². The molecule has 0 spiro atoms. The van der Waals surface area contributed by atoms with E-state index in [1.54, 1.807) is 12.1 Å². The first-order valence-corrected chi connectivity index (χ1v) is 8.38. The predicted octanol–water partition coefficient (Wildman–Crippen LogP) is 2.71. The minimum atomic E-state index is -0.962. The third-order valence-corrected chi connectivity index (χ3v) is 4.46. The van der Waals surface area contributed by atoms with Crippen molar-refractivity contribution in [3.63, 3.8) is 0 Å². The normalized spacial score (nSPS) is 16.3. The number of aliphatic carboxylic acids is 1. The van der Waals surface area contributed by atoms with Gasteiger partial charge in [0.05, 0.1) is 13.2 Å². The van der Waals surface area contributed by atoms with Gasteiger partial charge in [0, 0.05) is 25.1 Å². The highest BCUT2D eigenvalue weighted by Gasteiger charge is 2.29. The molecular weight excluding hydrogens is 318 g/mol. The summed E-state index contributed by atoms with van der Waals surface area (Å²) in [4.78, 5) is 25.9. The highest BCUT2D eigenvalue weighted by Crippen LogP contribution is 2.20. The maximum atomic E-state index is 12.5. The molecule has 1 atom stereocenters. The number of hydrogen-bond donors (Lipinski definition) is 1. The third kappa shape index (κ3) is 4.32. The number of Topliss-reactive ketones (excluding diaryl/α,β-unsaturated/α-hetero) is 1. The zero-order valence-corrected chi connectivity index (χ0v) is 13.9. The first kappa shape index (κ1) is 17.3. The van der Waals surface area contributed by atoms with Crippen LogP contribution >= 0.6 is 0 Å². The van der Waals surface area contributed by atoms with Crippen LogP contribution in [0.15, 0.2) is 54.6 Å². The molecule has 0 amide bonds. The molecule has 25 heavy (non-hydrogen) atoms. The molecule has 1 saturated heterocycles. The number of carbonyl (C=O) groups is 2. The highest BCUT2D eigenvalue weighted by atomic mass is 16.5. The molecule has 5 nitrogen and oxygen atoms in total. The number of nitrogens with zero attached hydrogens (tertiary/aromatic N) is 1. The summed E-state index contributed by atoms with van der Waals surface area (Å²) in [5.74, 6) is -1.12. The molecule has 1 N–H and O–H groups in total. The third-order valence-electron chi connectivity index (χ3n) is 4.46. The van der Waals surface area contributed by atoms with Crippen molar-refractivity contribution in [1.29, 1.82) is 0 Å². The van der Waals surface area contributed by atoms with Crippen molar-refractivity contribution in [2.24, 2.45) is 0 Å². The Morgan fingerprint density at radius 2 is 1.56 bits per heavy atom. The second-order valence-corrected chi connectivity index (χ2v) is 6.07. The largest absolute Gasteiger partial charge is 0.480 e. The Morgan fingerprint density at radius 3 is 2.16 bits per heavy atom. The van der Waals surface area contributed by atoms with Crippen molar-refractivity contribution in [2.75, 3.05) is 26.3 Å². The van der Waals surface area contributed by atoms with Gasteiger partial charge in [-0.05, 0) is 11.1 Å². The van der Waals surface area contributed by atoms with Gasteiger partial charge in [-0.15, -0.1) is 0 Å². The lowest BCUT2D eigenvalue weighted by Crippen LogP contribution is -2.48. The van der Waals surface area contributed by atoms with E-state index in [4.69, 9.17) is 4.74 Å². The molecule has 1 aliphatic heterocycles. The number of hydrogen-bond acceptors (Lipinski definition) is 4. The summed E-state index contributed by atoms with van der Waals surface area (Å²) in [7, 11) is 0. The van der Waals surface area contributed by atoms with Gasteiger partial charge in [0.2, 0.25) is 0 Å². The van der Waals surface area contributed by atoms with Crippen molar-refractivity contribution < 1.29 is 19.4 Å². The topological polar surface area (TPSA) is 66.8 Å². The van der Waals surface area contributed by atoms with Crippen LogP contribution in [-0.2, 0) is 9.53 Å². The molecule has 1 fully saturated rings. The lowest BCUT2D eigenvalue weighted by atomic mass is 9.99. The Hall–Kier alpha value is -2.50. The molecule has 0 radical (unpaired) electrons. The summed E-state index contributed by atoms with van der Waals surface area (Å²) >= 11 is 0. The van der Waals surface area contributed by atoms with E-state index >= 15 is 0 Å². The van der Waals surface area contributed by atoms with E-state index < -0.39 is 12.0 Å². The Labute approximate surface area is 146 Å². The lowest BCUT2D eigenvalue weighted by Gasteiger charge is -2.31. The quantitative estimate of drug-likeness (QED) is 0.820. The molecule has 1 aliphatic rings. The smallest absolute Gasteiger partial charge is 0.321 e. The van der Waals surface area contributed by atoms with Crippen LogP contribution < -0.4 is 0 Å². The molecule has 0 aromatic heterocycles. The van der Waals surface area contributed by atoms with Crippen LogP contribution in [0.4, 0.5) is 0 Å². The van der Waals surface area contributed by atoms with Crippen LogP contribution in [0.25, 0.3) is 11.1 Å². The molecule has 130 valence electrons. The summed E-state index contributed by atoms with van der Waals surface area (Å²) in [5, 5.41) is 9.48. The van der Waals surface area contributed by atoms with Gasteiger partial charge in [0.1, 0.15) is 6.04 Å². The number of carbonyl (C=O) groups excluding carboxylic acids is 1. The predicted molar refractivity (Wildman–Crippen MR) is 94.6 cm³/mol. The Balaban J connectivity index is 1.70. The standard InChI is InChI=1S/C20H21NO4/c22-19(14-18(20(23)24)21-10-12-25-13-11-21)17-8-6-16(7-9-17)15-4-2-1-3-5-15/h1-9,18H,10-14H2,(H,23,24). The zero-order valence-electron chi connectivity index (χ0n) is 13.9. The van der Waals surface area contributed by atoms with Crippen molar-refractivity contribution in [3.05, 3.63) is 60.2 Å². The number of rotatable bonds is 6. The number of benzene rings is 2. The van der Waals surface area contributed by atoms with Crippen LogP contribution in [0.3, 0.4) is 0 Å². The first-order valence-electron chi connectivity index (χ1n) is 8.38. The van der Waals surface area contributed by atoms with Gasteiger partial charge in [0.15, 0.2) is 5.78 Å². The van der Waals surface area contributed by atoms with Crippen molar-refractivity contribution in [2.45, 2.75) is 12.5 Å². The van der Waals surface area contributed by atoms with Gasteiger partial charge < -0.3 is 9.84 Å². The number of ketones is 1. The van der Waals surface area contributed by atoms with E-state index in [0.717, 1.165) is 11.1 Å². The minimum Gasteiger partial charge on any atom is -0.480 e. The molecule has 1 unspecified atom stereocenters. The summed E-state index contributed by atoms with van der Waals surface area (Å²) in [6, 6.07) is 16.4. The molecule has 3 rings (SSSR count). The van der Waals surface area contributed by atoms with E-state index in [0.29, 0.717) is 31.9 Å². The van der Waals surface area contributed by atoms with Crippen molar-refractivity contribution in [1.82, 2.24) is 4.90 Å². The Bertz CT molecular complexity index is 721. The fourth-order valence-electron chi connectivity index (χ4n) is 3.03. The lowest BCUT2D eigenvalue weighted by molar-refractivity contribution is -0.144. The summed E-state index contributed by atoms with van der Waals surface area (Å²) in [6.07, 6.45) is -0.0278. The van der Waals surface area contributed by atoms with Crippen molar-refractivity contribution in [3.8, 4) is 11.1 Å². The molecule has 1 heterocycles. The fourth-order valence-corrected chi connectivity index (χ4v) is 3.03. The van der Waals surface area contributed by atoms with E-state index in [2.05, 4.69) is 0 Å². The number of carboxylic acid groups (broad SMARTS) is 1. The average molecular weight is 339 g/mol. The van der Waals surface area contributed by atoms with Gasteiger partial charge in [-0.1, -0.05) is 54.6 Å². The molecular formula is C20H21NO4. The summed E-state index contributed by atoms with van der Waals surface area (Å²) in [6.45, 7) is 2.09. The van der Waals surface area contributed by atoms with Crippen LogP contribution in [0.5, 0.6) is 0 Å². The van der Waals surface area contributed by atoms with Gasteiger partial charge in [-0.3, -0.25) is 14.5 Å². The fraction of sp³-hybridized carbons (Fsp3) is 0.300. The van der Waals surface area contributed by atoms with Gasteiger partial charge in [-0.25, -0.2) is 0 Å². The number of morpholine rings is 1. The second-order valence-electron chi connectivity index (χ2n) is 6.07. The first-order chi connectivity index (χ1) is 12.1. The highest BCUT2D eigenvalue weighted by molar-refractivity contribution is 5.99. The van der Waals surface area contributed by atoms with Gasteiger partial charge in [-0.2, -0.15) is 0 Å². The van der Waals surface area contributed by atoms with E-state index in [1.807, 2.05) is 47.4 Å². The van der Waals surface area contributed by atoms with E-state index in [-0.39, 0.29) is 12.2 Å². The molecule has 0 bridgehead atoms. The van der Waals surface area contributed by atoms with E-state index in [9.17, 15) is 14.7 Å². The van der Waals surface area contributed by atoms with Crippen LogP contribution in [0.2, 0.25) is 0 Å². The molecule has 2 aromatic rings. The van der Waals surface area contributed by atoms with Crippen LogP contribution in [-0.4, -0.2) is 54.1 Å². The maximum absolute atomic E-state index is 12.5. The van der Waals surface area contributed by atoms with Gasteiger partial charge >= 0.3 is 5.97 Å². The Morgan fingerprint density at radius 1 is 0.960 bits per heavy atom. The van der Waals surface area contributed by atoms with E-state index in [1.165, 1.54) is 0 Å². The minimum absolute atomic E-state index is 0.0278. The van der Waals surface area contributed by atoms with Crippen LogP contribution in [0.1, 0.15) is 16.8 Å². The van der Waals surface area contributed by atoms with Gasteiger partial charge in [0.25, 0.3) is 0 Å². The Kier molecular flexibility index (Phi) is 5.58. The monoisotopic (exact) mass is 339 g/mol. The molecule has 0 aliphatic carbocycles. The second kappa shape index (κ2) is 8.05.